The van der Waals surface area contributed by atoms with Crippen molar-refractivity contribution in [3.05, 3.63) is 70.4 Å². The molecule has 0 spiro atoms. The van der Waals surface area contributed by atoms with Crippen molar-refractivity contribution in [1.82, 2.24) is 0 Å². The van der Waals surface area contributed by atoms with Crippen LogP contribution in [-0.2, 0) is 19.1 Å². The molecule has 2 amide bonds. The van der Waals surface area contributed by atoms with E-state index in [2.05, 4.69) is 5.32 Å². The predicted molar refractivity (Wildman–Crippen MR) is 118 cm³/mol. The first-order valence-corrected chi connectivity index (χ1v) is 10.2. The van der Waals surface area contributed by atoms with E-state index in [4.69, 9.17) is 21.1 Å². The van der Waals surface area contributed by atoms with Crippen LogP contribution in [0.3, 0.4) is 0 Å². The van der Waals surface area contributed by atoms with Crippen LogP contribution < -0.4 is 10.2 Å². The molecule has 0 unspecified atom stereocenters. The van der Waals surface area contributed by atoms with Crippen LogP contribution in [0.15, 0.2) is 59.3 Å². The van der Waals surface area contributed by atoms with E-state index in [1.807, 2.05) is 0 Å². The number of nitrogens with zero attached hydrogens (tertiary/aromatic N) is 1. The van der Waals surface area contributed by atoms with Gasteiger partial charge in [-0.05, 0) is 57.2 Å². The summed E-state index contributed by atoms with van der Waals surface area (Å²) in [4.78, 5) is 50.9. The van der Waals surface area contributed by atoms with Crippen LogP contribution in [-0.4, -0.2) is 36.5 Å². The minimum Gasteiger partial charge on any atom is -0.462 e. The van der Waals surface area contributed by atoms with Crippen LogP contribution in [0.1, 0.15) is 41.5 Å². The fraction of sp³-hybridized carbons (Fsp3) is 0.217. The molecule has 32 heavy (non-hydrogen) atoms. The number of halogens is 1. The van der Waals surface area contributed by atoms with Crippen molar-refractivity contribution in [1.29, 1.82) is 0 Å². The van der Waals surface area contributed by atoms with Crippen LogP contribution in [0.25, 0.3) is 0 Å². The summed E-state index contributed by atoms with van der Waals surface area (Å²) in [6.45, 7) is 5.29. The molecule has 1 aliphatic rings. The number of carbonyl (C=O) groups excluding carboxylic acids is 4. The van der Waals surface area contributed by atoms with Crippen molar-refractivity contribution in [3.63, 3.8) is 0 Å². The van der Waals surface area contributed by atoms with Crippen molar-refractivity contribution < 1.29 is 28.7 Å². The first kappa shape index (κ1) is 23.0. The summed E-state index contributed by atoms with van der Waals surface area (Å²) in [5, 5.41) is 2.50. The second-order valence-electron chi connectivity index (χ2n) is 7.03. The van der Waals surface area contributed by atoms with E-state index in [1.54, 1.807) is 45.0 Å². The number of hydrogen-bond donors (Lipinski definition) is 1. The first-order chi connectivity index (χ1) is 15.2. The number of amides is 2. The Labute approximate surface area is 189 Å². The SMILES string of the molecule is CCOC(=O)c1ccccc1N1C(=O)C(Cl)=C(Nc2ccc(C(=O)OC(C)C)cc2)C1=O. The standard InChI is InChI=1S/C23H21ClN2O6/c1-4-31-23(30)16-7-5-6-8-17(16)26-20(27)18(24)19(21(26)28)25-15-11-9-14(10-12-15)22(29)32-13(2)3/h5-13,25H,4H2,1-3H3. The molecule has 3 rings (SSSR count). The average molecular weight is 457 g/mol. The van der Waals surface area contributed by atoms with Gasteiger partial charge in [0.2, 0.25) is 0 Å². The van der Waals surface area contributed by atoms with E-state index < -0.39 is 23.8 Å². The molecule has 2 aromatic carbocycles. The molecule has 0 radical (unpaired) electrons. The van der Waals surface area contributed by atoms with Gasteiger partial charge in [-0.15, -0.1) is 0 Å². The number of imide groups is 1. The lowest BCUT2D eigenvalue weighted by molar-refractivity contribution is -0.120. The van der Waals surface area contributed by atoms with Crippen LogP contribution in [0.2, 0.25) is 0 Å². The maximum Gasteiger partial charge on any atom is 0.340 e. The second kappa shape index (κ2) is 9.65. The number of hydrogen-bond acceptors (Lipinski definition) is 7. The highest BCUT2D eigenvalue weighted by molar-refractivity contribution is 6.53. The maximum absolute atomic E-state index is 13.0. The monoisotopic (exact) mass is 456 g/mol. The molecular weight excluding hydrogens is 436 g/mol. The molecule has 0 saturated carbocycles. The molecule has 166 valence electrons. The summed E-state index contributed by atoms with van der Waals surface area (Å²) in [6, 6.07) is 12.3. The molecule has 0 bridgehead atoms. The van der Waals surface area contributed by atoms with E-state index >= 15 is 0 Å². The van der Waals surface area contributed by atoms with E-state index in [9.17, 15) is 19.2 Å². The Hall–Kier alpha value is -3.65. The van der Waals surface area contributed by atoms with Gasteiger partial charge in [-0.2, -0.15) is 0 Å². The molecule has 0 fully saturated rings. The Morgan fingerprint density at radius 1 is 1.00 bits per heavy atom. The van der Waals surface area contributed by atoms with Gasteiger partial charge in [0, 0.05) is 5.69 Å². The van der Waals surface area contributed by atoms with E-state index in [0.29, 0.717) is 11.3 Å². The Bertz CT molecular complexity index is 1110. The van der Waals surface area contributed by atoms with E-state index in [1.165, 1.54) is 24.3 Å². The third kappa shape index (κ3) is 4.65. The van der Waals surface area contributed by atoms with Gasteiger partial charge in [0.05, 0.1) is 29.5 Å². The molecule has 1 N–H and O–H groups in total. The van der Waals surface area contributed by atoms with Gasteiger partial charge in [0.15, 0.2) is 0 Å². The van der Waals surface area contributed by atoms with Gasteiger partial charge in [-0.3, -0.25) is 9.59 Å². The summed E-state index contributed by atoms with van der Waals surface area (Å²) in [6.07, 6.45) is -0.255. The molecule has 8 nitrogen and oxygen atoms in total. The van der Waals surface area contributed by atoms with Gasteiger partial charge in [-0.25, -0.2) is 14.5 Å². The summed E-state index contributed by atoms with van der Waals surface area (Å²) in [5.74, 6) is -2.63. The lowest BCUT2D eigenvalue weighted by atomic mass is 10.1. The van der Waals surface area contributed by atoms with Crippen molar-refractivity contribution in [2.24, 2.45) is 0 Å². The topological polar surface area (TPSA) is 102 Å². The fourth-order valence-corrected chi connectivity index (χ4v) is 3.21. The molecule has 9 heteroatoms. The molecule has 0 aliphatic carbocycles. The maximum atomic E-state index is 13.0. The minimum atomic E-state index is -0.770. The molecular formula is C23H21ClN2O6. The van der Waals surface area contributed by atoms with Crippen molar-refractivity contribution in [3.8, 4) is 0 Å². The molecule has 1 heterocycles. The zero-order valence-electron chi connectivity index (χ0n) is 17.7. The number of nitrogens with one attached hydrogen (secondary N) is 1. The number of para-hydroxylation sites is 1. The first-order valence-electron chi connectivity index (χ1n) is 9.87. The van der Waals surface area contributed by atoms with Gasteiger partial charge < -0.3 is 14.8 Å². The quantitative estimate of drug-likeness (QED) is 0.498. The number of rotatable bonds is 7. The van der Waals surface area contributed by atoms with E-state index in [-0.39, 0.29) is 34.7 Å². The summed E-state index contributed by atoms with van der Waals surface area (Å²) in [5.41, 5.74) is 0.759. The Kier molecular flexibility index (Phi) is 6.95. The Balaban J connectivity index is 1.84. The summed E-state index contributed by atoms with van der Waals surface area (Å²) >= 11 is 6.16. The average Bonchev–Trinajstić information content (AvgIpc) is 2.97. The fourth-order valence-electron chi connectivity index (χ4n) is 3.00. The van der Waals surface area contributed by atoms with Gasteiger partial charge >= 0.3 is 11.9 Å². The third-order valence-corrected chi connectivity index (χ3v) is 4.75. The van der Waals surface area contributed by atoms with Crippen molar-refractivity contribution in [2.45, 2.75) is 26.9 Å². The third-order valence-electron chi connectivity index (χ3n) is 4.40. The summed E-state index contributed by atoms with van der Waals surface area (Å²) in [7, 11) is 0. The largest absolute Gasteiger partial charge is 0.462 e. The van der Waals surface area contributed by atoms with Crippen molar-refractivity contribution in [2.75, 3.05) is 16.8 Å². The van der Waals surface area contributed by atoms with Gasteiger partial charge in [0.1, 0.15) is 10.7 Å². The normalized spacial score (nSPS) is 13.6. The van der Waals surface area contributed by atoms with Crippen LogP contribution >= 0.6 is 11.6 Å². The Morgan fingerprint density at radius 2 is 1.66 bits per heavy atom. The zero-order valence-corrected chi connectivity index (χ0v) is 18.4. The second-order valence-corrected chi connectivity index (χ2v) is 7.41. The minimum absolute atomic E-state index is 0.0646. The lowest BCUT2D eigenvalue weighted by Gasteiger charge is -2.18. The number of benzene rings is 2. The van der Waals surface area contributed by atoms with Crippen LogP contribution in [0, 0.1) is 0 Å². The van der Waals surface area contributed by atoms with Crippen LogP contribution in [0.5, 0.6) is 0 Å². The highest BCUT2D eigenvalue weighted by Crippen LogP contribution is 2.32. The number of carbonyl (C=O) groups is 4. The highest BCUT2D eigenvalue weighted by atomic mass is 35.5. The van der Waals surface area contributed by atoms with Crippen molar-refractivity contribution >= 4 is 46.7 Å². The smallest absolute Gasteiger partial charge is 0.340 e. The molecule has 0 atom stereocenters. The molecule has 0 saturated heterocycles. The zero-order chi connectivity index (χ0) is 23.4. The summed E-state index contributed by atoms with van der Waals surface area (Å²) < 4.78 is 10.1. The van der Waals surface area contributed by atoms with Gasteiger partial charge in [0.25, 0.3) is 11.8 Å². The predicted octanol–water partition coefficient (Wildman–Crippen LogP) is 3.86. The van der Waals surface area contributed by atoms with Crippen LogP contribution in [0.4, 0.5) is 11.4 Å². The van der Waals surface area contributed by atoms with Gasteiger partial charge in [-0.1, -0.05) is 23.7 Å². The lowest BCUT2D eigenvalue weighted by Crippen LogP contribution is -2.33. The number of esters is 2. The molecule has 0 aromatic heterocycles. The Morgan fingerprint density at radius 3 is 2.28 bits per heavy atom. The highest BCUT2D eigenvalue weighted by Gasteiger charge is 2.40. The molecule has 1 aliphatic heterocycles. The van der Waals surface area contributed by atoms with E-state index in [0.717, 1.165) is 4.90 Å². The number of ether oxygens (including phenoxy) is 2. The molecule has 2 aromatic rings. The number of anilines is 2.